The van der Waals surface area contributed by atoms with Gasteiger partial charge in [-0.25, -0.2) is 5.56 Å². The average Bonchev–Trinajstić information content (AvgIpc) is 2.54. The minimum absolute atomic E-state index is 0. The molecular formula is C18H10N2Y-2. The molecule has 0 fully saturated rings. The molecule has 21 heavy (non-hydrogen) atoms. The molecule has 2 heterocycles. The van der Waals surface area contributed by atoms with Crippen molar-refractivity contribution >= 4 is 21.5 Å². The van der Waals surface area contributed by atoms with Crippen LogP contribution in [0.1, 0.15) is 0 Å². The SMILES string of the molecule is [Y].[c-]1ccc2ccncc2c1-c1[c-]c2ccncc2cc1. The van der Waals surface area contributed by atoms with E-state index in [2.05, 4.69) is 34.2 Å². The van der Waals surface area contributed by atoms with Crippen LogP contribution in [-0.2, 0) is 32.7 Å². The van der Waals surface area contributed by atoms with Crippen molar-refractivity contribution < 1.29 is 32.7 Å². The zero-order chi connectivity index (χ0) is 13.4. The molecular weight excluding hydrogens is 333 g/mol. The van der Waals surface area contributed by atoms with Crippen molar-refractivity contribution in [1.29, 1.82) is 0 Å². The standard InChI is InChI=1S/C18H10N2.Y/c1-2-13-6-8-20-12-18(13)17(3-1)15-4-5-16-11-19-9-7-14(16)10-15;/h1-2,4-9,11-12H;/q-2;. The van der Waals surface area contributed by atoms with E-state index >= 15 is 0 Å². The first-order chi connectivity index (χ1) is 9.92. The summed E-state index contributed by atoms with van der Waals surface area (Å²) in [5, 5.41) is 4.41. The van der Waals surface area contributed by atoms with E-state index in [1.807, 2.05) is 42.9 Å². The van der Waals surface area contributed by atoms with Crippen LogP contribution < -0.4 is 0 Å². The smallest absolute Gasteiger partial charge is 0.0248 e. The largest absolute Gasteiger partial charge is 0.280 e. The van der Waals surface area contributed by atoms with Gasteiger partial charge in [-0.15, -0.1) is 34.4 Å². The van der Waals surface area contributed by atoms with Crippen LogP contribution in [0.5, 0.6) is 0 Å². The van der Waals surface area contributed by atoms with Crippen LogP contribution in [0, 0.1) is 12.1 Å². The second kappa shape index (κ2) is 6.01. The molecule has 0 unspecified atom stereocenters. The maximum Gasteiger partial charge on any atom is 0.0248 e. The van der Waals surface area contributed by atoms with Gasteiger partial charge in [-0.3, -0.25) is 9.97 Å². The van der Waals surface area contributed by atoms with Crippen LogP contribution in [0.25, 0.3) is 32.7 Å². The van der Waals surface area contributed by atoms with Crippen LogP contribution in [0.3, 0.4) is 0 Å². The number of benzene rings is 2. The number of aromatic nitrogens is 2. The summed E-state index contributed by atoms with van der Waals surface area (Å²) in [4.78, 5) is 8.34. The Balaban J connectivity index is 0.00000132. The van der Waals surface area contributed by atoms with E-state index in [-0.39, 0.29) is 32.7 Å². The third-order valence-corrected chi connectivity index (χ3v) is 3.43. The molecule has 4 aromatic rings. The van der Waals surface area contributed by atoms with Crippen molar-refractivity contribution in [3.05, 3.63) is 73.3 Å². The maximum atomic E-state index is 4.22. The summed E-state index contributed by atoms with van der Waals surface area (Å²) in [5.74, 6) is 0. The van der Waals surface area contributed by atoms with E-state index in [0.717, 1.165) is 32.7 Å². The van der Waals surface area contributed by atoms with E-state index in [0.29, 0.717) is 0 Å². The van der Waals surface area contributed by atoms with Crippen LogP contribution in [0.4, 0.5) is 0 Å². The normalized spacial score (nSPS) is 10.5. The van der Waals surface area contributed by atoms with E-state index in [1.54, 1.807) is 6.20 Å². The molecule has 0 aliphatic rings. The molecule has 0 saturated carbocycles. The summed E-state index contributed by atoms with van der Waals surface area (Å²) in [7, 11) is 0. The third kappa shape index (κ3) is 2.62. The monoisotopic (exact) mass is 343 g/mol. The molecule has 0 saturated heterocycles. The summed E-state index contributed by atoms with van der Waals surface area (Å²) in [6.07, 6.45) is 7.33. The number of hydrogen-bond donors (Lipinski definition) is 0. The molecule has 1 radical (unpaired) electrons. The summed E-state index contributed by atoms with van der Waals surface area (Å²) >= 11 is 0. The van der Waals surface area contributed by atoms with Gasteiger partial charge in [0.25, 0.3) is 0 Å². The first kappa shape index (κ1) is 14.3. The summed E-state index contributed by atoms with van der Waals surface area (Å²) in [6, 6.07) is 18.8. The molecule has 2 aromatic heterocycles. The van der Waals surface area contributed by atoms with Gasteiger partial charge in [-0.05, 0) is 18.6 Å². The molecule has 0 aliphatic heterocycles. The van der Waals surface area contributed by atoms with E-state index in [1.165, 1.54) is 0 Å². The van der Waals surface area contributed by atoms with Crippen molar-refractivity contribution in [1.82, 2.24) is 9.97 Å². The molecule has 4 rings (SSSR count). The molecule has 0 N–H and O–H groups in total. The summed E-state index contributed by atoms with van der Waals surface area (Å²) < 4.78 is 0. The fourth-order valence-electron chi connectivity index (χ4n) is 2.43. The molecule has 0 spiro atoms. The number of nitrogens with zero attached hydrogens (tertiary/aromatic N) is 2. The molecule has 2 nitrogen and oxygen atoms in total. The van der Waals surface area contributed by atoms with Gasteiger partial charge in [0.2, 0.25) is 0 Å². The zero-order valence-electron chi connectivity index (χ0n) is 11.2. The second-order valence-electron chi connectivity index (χ2n) is 4.65. The fraction of sp³-hybridized carbons (Fsp3) is 0. The van der Waals surface area contributed by atoms with Crippen LogP contribution in [0.15, 0.2) is 61.2 Å². The number of pyridine rings is 2. The Bertz CT molecular complexity index is 913. The van der Waals surface area contributed by atoms with Crippen LogP contribution >= 0.6 is 0 Å². The third-order valence-electron chi connectivity index (χ3n) is 3.43. The predicted octanol–water partition coefficient (Wildman–Crippen LogP) is 4.05. The van der Waals surface area contributed by atoms with E-state index in [4.69, 9.17) is 0 Å². The first-order valence-electron chi connectivity index (χ1n) is 6.43. The molecule has 0 bridgehead atoms. The Morgan fingerprint density at radius 2 is 1.67 bits per heavy atom. The van der Waals surface area contributed by atoms with E-state index in [9.17, 15) is 0 Å². The van der Waals surface area contributed by atoms with Crippen molar-refractivity contribution in [3.8, 4) is 11.1 Å². The Morgan fingerprint density at radius 3 is 2.62 bits per heavy atom. The molecule has 3 heteroatoms. The Labute approximate surface area is 148 Å². The van der Waals surface area contributed by atoms with Gasteiger partial charge in [0.1, 0.15) is 0 Å². The predicted molar refractivity (Wildman–Crippen MR) is 80.2 cm³/mol. The minimum Gasteiger partial charge on any atom is -0.280 e. The molecule has 97 valence electrons. The van der Waals surface area contributed by atoms with Crippen molar-refractivity contribution in [2.24, 2.45) is 0 Å². The average molecular weight is 343 g/mol. The maximum absolute atomic E-state index is 4.22. The second-order valence-corrected chi connectivity index (χ2v) is 4.65. The van der Waals surface area contributed by atoms with Gasteiger partial charge >= 0.3 is 0 Å². The molecule has 2 aromatic carbocycles. The molecule has 0 aliphatic carbocycles. The topological polar surface area (TPSA) is 25.8 Å². The molecule has 0 atom stereocenters. The van der Waals surface area contributed by atoms with Gasteiger partial charge in [0.15, 0.2) is 0 Å². The van der Waals surface area contributed by atoms with Crippen LogP contribution in [0.2, 0.25) is 0 Å². The van der Waals surface area contributed by atoms with Crippen molar-refractivity contribution in [2.75, 3.05) is 0 Å². The van der Waals surface area contributed by atoms with Gasteiger partial charge in [0, 0.05) is 38.9 Å². The van der Waals surface area contributed by atoms with Gasteiger partial charge in [-0.2, -0.15) is 29.8 Å². The quantitative estimate of drug-likeness (QED) is 0.488. The van der Waals surface area contributed by atoms with Crippen molar-refractivity contribution in [3.63, 3.8) is 0 Å². The number of hydrogen-bond acceptors (Lipinski definition) is 2. The molecule has 0 amide bonds. The van der Waals surface area contributed by atoms with Gasteiger partial charge in [-0.1, -0.05) is 11.5 Å². The number of fused-ring (bicyclic) bond motifs is 2. The Morgan fingerprint density at radius 1 is 0.810 bits per heavy atom. The summed E-state index contributed by atoms with van der Waals surface area (Å²) in [5.41, 5.74) is 2.07. The van der Waals surface area contributed by atoms with Crippen LogP contribution in [-0.4, -0.2) is 9.97 Å². The van der Waals surface area contributed by atoms with E-state index < -0.39 is 0 Å². The first-order valence-corrected chi connectivity index (χ1v) is 6.43. The van der Waals surface area contributed by atoms with Gasteiger partial charge < -0.3 is 0 Å². The Hall–Kier alpha value is -1.64. The number of rotatable bonds is 1. The minimum atomic E-state index is 0. The zero-order valence-corrected chi connectivity index (χ0v) is 14.1. The Kier molecular flexibility index (Phi) is 4.09. The van der Waals surface area contributed by atoms with Gasteiger partial charge in [0.05, 0.1) is 0 Å². The summed E-state index contributed by atoms with van der Waals surface area (Å²) in [6.45, 7) is 0. The van der Waals surface area contributed by atoms with Crippen molar-refractivity contribution in [2.45, 2.75) is 0 Å². The fourth-order valence-corrected chi connectivity index (χ4v) is 2.43.